The van der Waals surface area contributed by atoms with Crippen LogP contribution in [-0.2, 0) is 4.79 Å². The Morgan fingerprint density at radius 2 is 2.23 bits per heavy atom. The molecular weight excluding hydrogens is 194 g/mol. The minimum atomic E-state index is -1.11. The summed E-state index contributed by atoms with van der Waals surface area (Å²) in [6, 6.07) is 4.15. The van der Waals surface area contributed by atoms with Gasteiger partial charge in [-0.15, -0.1) is 0 Å². The number of carboxylic acid groups (broad SMARTS) is 1. The molecule has 0 unspecified atom stereocenters. The van der Waals surface area contributed by atoms with Crippen molar-refractivity contribution < 1.29 is 14.7 Å². The van der Waals surface area contributed by atoms with Gasteiger partial charge >= 0.3 is 5.97 Å². The molecule has 0 fully saturated rings. The minimum absolute atomic E-state index is 0.0106. The zero-order valence-electron chi connectivity index (χ0n) is 6.45. The molecule has 1 rings (SSSR count). The summed E-state index contributed by atoms with van der Waals surface area (Å²) in [6.07, 6.45) is 0.401. The predicted octanol–water partition coefficient (Wildman–Crippen LogP) is 1.61. The number of hydrogen-bond acceptors (Lipinski definition) is 2. The van der Waals surface area contributed by atoms with Crippen LogP contribution in [0.1, 0.15) is 10.4 Å². The first-order valence-corrected chi connectivity index (χ1v) is 3.76. The van der Waals surface area contributed by atoms with Crippen LogP contribution in [-0.4, -0.2) is 17.5 Å². The van der Waals surface area contributed by atoms with Crippen molar-refractivity contribution >= 4 is 29.7 Å². The SMILES string of the molecule is O=CNc1cc(Cl)ccc1C(=O)O. The molecule has 0 spiro atoms. The second-order valence-corrected chi connectivity index (χ2v) is 2.69. The Kier molecular flexibility index (Phi) is 2.87. The van der Waals surface area contributed by atoms with E-state index in [1.165, 1.54) is 18.2 Å². The molecule has 0 bridgehead atoms. The van der Waals surface area contributed by atoms with Gasteiger partial charge in [0.05, 0.1) is 11.3 Å². The quantitative estimate of drug-likeness (QED) is 0.727. The van der Waals surface area contributed by atoms with Crippen LogP contribution in [0.4, 0.5) is 5.69 Å². The zero-order valence-corrected chi connectivity index (χ0v) is 7.21. The lowest BCUT2D eigenvalue weighted by Gasteiger charge is -2.03. The Morgan fingerprint density at radius 1 is 1.54 bits per heavy atom. The number of hydrogen-bond donors (Lipinski definition) is 2. The number of aromatic carboxylic acids is 1. The van der Waals surface area contributed by atoms with E-state index in [0.29, 0.717) is 11.4 Å². The van der Waals surface area contributed by atoms with Gasteiger partial charge in [0.15, 0.2) is 0 Å². The molecule has 0 aliphatic heterocycles. The fraction of sp³-hybridized carbons (Fsp3) is 0. The molecule has 1 aromatic carbocycles. The lowest BCUT2D eigenvalue weighted by Crippen LogP contribution is -2.04. The van der Waals surface area contributed by atoms with Crippen molar-refractivity contribution in [2.75, 3.05) is 5.32 Å². The first-order chi connectivity index (χ1) is 6.15. The van der Waals surface area contributed by atoms with E-state index in [1.54, 1.807) is 0 Å². The van der Waals surface area contributed by atoms with E-state index < -0.39 is 5.97 Å². The maximum atomic E-state index is 10.6. The van der Waals surface area contributed by atoms with Crippen molar-refractivity contribution in [3.63, 3.8) is 0 Å². The van der Waals surface area contributed by atoms with Gasteiger partial charge < -0.3 is 10.4 Å². The van der Waals surface area contributed by atoms with Gasteiger partial charge in [-0.1, -0.05) is 11.6 Å². The van der Waals surface area contributed by atoms with Crippen LogP contribution in [0.15, 0.2) is 18.2 Å². The Bertz CT molecular complexity index is 351. The van der Waals surface area contributed by atoms with Gasteiger partial charge in [-0.2, -0.15) is 0 Å². The Labute approximate surface area is 79.1 Å². The Balaban J connectivity index is 3.17. The number of nitrogens with one attached hydrogen (secondary N) is 1. The Hall–Kier alpha value is -1.55. The predicted molar refractivity (Wildman–Crippen MR) is 48.1 cm³/mol. The second-order valence-electron chi connectivity index (χ2n) is 2.26. The maximum Gasteiger partial charge on any atom is 0.337 e. The normalized spacial score (nSPS) is 9.31. The smallest absolute Gasteiger partial charge is 0.337 e. The fourth-order valence-corrected chi connectivity index (χ4v) is 1.06. The van der Waals surface area contributed by atoms with Crippen LogP contribution in [0, 0.1) is 0 Å². The summed E-state index contributed by atoms with van der Waals surface area (Å²) in [7, 11) is 0. The van der Waals surface area contributed by atoms with Crippen LogP contribution in [0.25, 0.3) is 0 Å². The van der Waals surface area contributed by atoms with Gasteiger partial charge in [-0.25, -0.2) is 4.79 Å². The number of carboxylic acids is 1. The molecule has 0 saturated carbocycles. The molecule has 4 nitrogen and oxygen atoms in total. The zero-order chi connectivity index (χ0) is 9.84. The van der Waals surface area contributed by atoms with Crippen molar-refractivity contribution in [1.82, 2.24) is 0 Å². The van der Waals surface area contributed by atoms with Gasteiger partial charge in [-0.3, -0.25) is 4.79 Å². The van der Waals surface area contributed by atoms with Crippen molar-refractivity contribution in [2.45, 2.75) is 0 Å². The molecule has 0 aliphatic rings. The molecule has 5 heteroatoms. The highest BCUT2D eigenvalue weighted by Gasteiger charge is 2.09. The number of carbonyl (C=O) groups is 2. The summed E-state index contributed by atoms with van der Waals surface area (Å²) in [5.74, 6) is -1.11. The third-order valence-electron chi connectivity index (χ3n) is 1.43. The molecule has 1 amide bonds. The number of halogens is 1. The van der Waals surface area contributed by atoms with Crippen molar-refractivity contribution in [3.8, 4) is 0 Å². The van der Waals surface area contributed by atoms with E-state index in [9.17, 15) is 9.59 Å². The van der Waals surface area contributed by atoms with E-state index in [4.69, 9.17) is 16.7 Å². The summed E-state index contributed by atoms with van der Waals surface area (Å²) in [5.41, 5.74) is 0.200. The molecule has 68 valence electrons. The summed E-state index contributed by atoms with van der Waals surface area (Å²) >= 11 is 5.61. The summed E-state index contributed by atoms with van der Waals surface area (Å²) in [6.45, 7) is 0. The maximum absolute atomic E-state index is 10.6. The van der Waals surface area contributed by atoms with E-state index in [0.717, 1.165) is 0 Å². The summed E-state index contributed by atoms with van der Waals surface area (Å²) in [4.78, 5) is 20.7. The standard InChI is InChI=1S/C8H6ClNO3/c9-5-1-2-6(8(12)13)7(3-5)10-4-11/h1-4H,(H,10,11)(H,12,13). The number of carbonyl (C=O) groups excluding carboxylic acids is 1. The third kappa shape index (κ3) is 2.19. The minimum Gasteiger partial charge on any atom is -0.478 e. The first kappa shape index (κ1) is 9.54. The molecule has 13 heavy (non-hydrogen) atoms. The molecule has 0 aliphatic carbocycles. The molecule has 2 N–H and O–H groups in total. The molecule has 0 aromatic heterocycles. The van der Waals surface area contributed by atoms with Crippen molar-refractivity contribution in [2.24, 2.45) is 0 Å². The number of anilines is 1. The van der Waals surface area contributed by atoms with E-state index in [1.807, 2.05) is 0 Å². The lowest BCUT2D eigenvalue weighted by molar-refractivity contribution is -0.105. The highest BCUT2D eigenvalue weighted by Crippen LogP contribution is 2.20. The summed E-state index contributed by atoms with van der Waals surface area (Å²) in [5, 5.41) is 11.3. The average Bonchev–Trinajstić information content (AvgIpc) is 2.04. The lowest BCUT2D eigenvalue weighted by atomic mass is 10.2. The van der Waals surface area contributed by atoms with Crippen molar-refractivity contribution in [3.05, 3.63) is 28.8 Å². The second kappa shape index (κ2) is 3.91. The fourth-order valence-electron chi connectivity index (χ4n) is 0.886. The topological polar surface area (TPSA) is 66.4 Å². The van der Waals surface area contributed by atoms with E-state index in [2.05, 4.69) is 5.32 Å². The summed E-state index contributed by atoms with van der Waals surface area (Å²) < 4.78 is 0. The van der Waals surface area contributed by atoms with Gasteiger partial charge in [0.25, 0.3) is 0 Å². The number of amides is 1. The molecule has 0 radical (unpaired) electrons. The van der Waals surface area contributed by atoms with Gasteiger partial charge in [0, 0.05) is 5.02 Å². The van der Waals surface area contributed by atoms with Gasteiger partial charge in [0.1, 0.15) is 0 Å². The van der Waals surface area contributed by atoms with Crippen LogP contribution in [0.2, 0.25) is 5.02 Å². The largest absolute Gasteiger partial charge is 0.478 e. The highest BCUT2D eigenvalue weighted by atomic mass is 35.5. The highest BCUT2D eigenvalue weighted by molar-refractivity contribution is 6.31. The first-order valence-electron chi connectivity index (χ1n) is 3.38. The molecular formula is C8H6ClNO3. The van der Waals surface area contributed by atoms with Crippen LogP contribution in [0.5, 0.6) is 0 Å². The monoisotopic (exact) mass is 199 g/mol. The molecule has 0 saturated heterocycles. The van der Waals surface area contributed by atoms with E-state index in [-0.39, 0.29) is 11.3 Å². The molecule has 0 heterocycles. The average molecular weight is 200 g/mol. The van der Waals surface area contributed by atoms with Crippen LogP contribution >= 0.6 is 11.6 Å². The van der Waals surface area contributed by atoms with Crippen LogP contribution < -0.4 is 5.32 Å². The number of benzene rings is 1. The van der Waals surface area contributed by atoms with Crippen LogP contribution in [0.3, 0.4) is 0 Å². The third-order valence-corrected chi connectivity index (χ3v) is 1.66. The molecule has 0 atom stereocenters. The van der Waals surface area contributed by atoms with Gasteiger partial charge in [-0.05, 0) is 18.2 Å². The Morgan fingerprint density at radius 3 is 2.77 bits per heavy atom. The van der Waals surface area contributed by atoms with E-state index >= 15 is 0 Å². The number of rotatable bonds is 3. The molecule has 1 aromatic rings. The van der Waals surface area contributed by atoms with Gasteiger partial charge in [0.2, 0.25) is 6.41 Å². The van der Waals surface area contributed by atoms with Crippen molar-refractivity contribution in [1.29, 1.82) is 0 Å².